The average Bonchev–Trinajstić information content (AvgIpc) is 2.70. The van der Waals surface area contributed by atoms with E-state index in [0.29, 0.717) is 39.2 Å². The number of aromatic nitrogens is 4. The number of rotatable bonds is 5. The van der Waals surface area contributed by atoms with Crippen LogP contribution in [0.4, 0.5) is 11.8 Å². The van der Waals surface area contributed by atoms with E-state index >= 15 is 0 Å². The van der Waals surface area contributed by atoms with Gasteiger partial charge in [0, 0.05) is 18.3 Å². The summed E-state index contributed by atoms with van der Waals surface area (Å²) in [6, 6.07) is 16.0. The molecular formula is C20H16ClN5O2. The van der Waals surface area contributed by atoms with Crippen LogP contribution in [0.2, 0.25) is 5.02 Å². The van der Waals surface area contributed by atoms with Crippen LogP contribution in [0.5, 0.6) is 0 Å². The van der Waals surface area contributed by atoms with Gasteiger partial charge < -0.3 is 10.1 Å². The van der Waals surface area contributed by atoms with E-state index in [1.807, 2.05) is 30.3 Å². The fraction of sp³-hybridized carbons (Fsp3) is 0.100. The Morgan fingerprint density at radius 3 is 2.71 bits per heavy atom. The molecule has 0 atom stereocenters. The lowest BCUT2D eigenvalue weighted by Gasteiger charge is -2.15. The maximum absolute atomic E-state index is 13.2. The number of hydrogen-bond donors (Lipinski definition) is 1. The van der Waals surface area contributed by atoms with Crippen molar-refractivity contribution in [1.82, 2.24) is 19.5 Å². The molecule has 4 aromatic rings. The van der Waals surface area contributed by atoms with Gasteiger partial charge >= 0.3 is 0 Å². The Morgan fingerprint density at radius 2 is 1.93 bits per heavy atom. The molecular weight excluding hydrogens is 378 g/mol. The fourth-order valence-corrected chi connectivity index (χ4v) is 3.01. The normalized spacial score (nSPS) is 10.9. The molecule has 0 aliphatic rings. The highest BCUT2D eigenvalue weighted by molar-refractivity contribution is 6.31. The number of methoxy groups -OCH3 is 1. The van der Waals surface area contributed by atoms with Crippen LogP contribution < -0.4 is 10.9 Å². The van der Waals surface area contributed by atoms with Crippen molar-refractivity contribution in [3.63, 3.8) is 0 Å². The molecule has 0 saturated carbocycles. The first-order chi connectivity index (χ1) is 13.7. The number of anilines is 2. The van der Waals surface area contributed by atoms with Crippen LogP contribution in [0.25, 0.3) is 16.6 Å². The molecule has 28 heavy (non-hydrogen) atoms. The van der Waals surface area contributed by atoms with Crippen LogP contribution in [-0.2, 0) is 11.3 Å². The lowest BCUT2D eigenvalue weighted by atomic mass is 10.2. The van der Waals surface area contributed by atoms with Gasteiger partial charge in [-0.15, -0.1) is 0 Å². The second-order valence-corrected chi connectivity index (χ2v) is 6.43. The highest BCUT2D eigenvalue weighted by atomic mass is 35.5. The molecule has 2 heterocycles. The highest BCUT2D eigenvalue weighted by Crippen LogP contribution is 2.21. The van der Waals surface area contributed by atoms with Crippen molar-refractivity contribution in [3.05, 3.63) is 82.0 Å². The predicted octanol–water partition coefficient (Wildman–Crippen LogP) is 3.72. The summed E-state index contributed by atoms with van der Waals surface area (Å²) >= 11 is 6.09. The SMILES string of the molecule is COCc1nccc(Nc2nc3ccc(Cl)cc3c(=O)n2-c2ccccc2)n1. The lowest BCUT2D eigenvalue weighted by Crippen LogP contribution is -2.23. The third kappa shape index (κ3) is 3.58. The maximum Gasteiger partial charge on any atom is 0.267 e. The van der Waals surface area contributed by atoms with E-state index in [9.17, 15) is 4.79 Å². The van der Waals surface area contributed by atoms with E-state index < -0.39 is 0 Å². The summed E-state index contributed by atoms with van der Waals surface area (Å²) in [6.45, 7) is 0.282. The third-order valence-corrected chi connectivity index (χ3v) is 4.30. The van der Waals surface area contributed by atoms with Gasteiger partial charge in [0.15, 0.2) is 5.82 Å². The summed E-state index contributed by atoms with van der Waals surface area (Å²) in [5.41, 5.74) is 0.984. The first kappa shape index (κ1) is 18.1. The topological polar surface area (TPSA) is 81.9 Å². The van der Waals surface area contributed by atoms with Gasteiger partial charge in [-0.3, -0.25) is 4.79 Å². The van der Waals surface area contributed by atoms with E-state index in [1.165, 1.54) is 4.57 Å². The Bertz CT molecular complexity index is 1190. The van der Waals surface area contributed by atoms with Gasteiger partial charge in [-0.1, -0.05) is 29.8 Å². The molecule has 0 saturated heterocycles. The number of hydrogen-bond acceptors (Lipinski definition) is 6. The number of benzene rings is 2. The molecule has 2 aromatic heterocycles. The Balaban J connectivity index is 1.90. The number of para-hydroxylation sites is 1. The third-order valence-electron chi connectivity index (χ3n) is 4.06. The molecule has 0 unspecified atom stereocenters. The van der Waals surface area contributed by atoms with Crippen molar-refractivity contribution in [2.75, 3.05) is 12.4 Å². The zero-order chi connectivity index (χ0) is 19.5. The zero-order valence-electron chi connectivity index (χ0n) is 15.0. The zero-order valence-corrected chi connectivity index (χ0v) is 15.7. The quantitative estimate of drug-likeness (QED) is 0.556. The van der Waals surface area contributed by atoms with Gasteiger partial charge in [-0.2, -0.15) is 0 Å². The number of nitrogens with one attached hydrogen (secondary N) is 1. The van der Waals surface area contributed by atoms with E-state index in [4.69, 9.17) is 16.3 Å². The van der Waals surface area contributed by atoms with Gasteiger partial charge in [0.2, 0.25) is 5.95 Å². The smallest absolute Gasteiger partial charge is 0.267 e. The number of ether oxygens (including phenoxy) is 1. The summed E-state index contributed by atoms with van der Waals surface area (Å²) in [4.78, 5) is 26.4. The first-order valence-electron chi connectivity index (χ1n) is 8.51. The standard InChI is InChI=1S/C20H16ClN5O2/c1-28-12-18-22-10-9-17(24-18)25-20-23-16-8-7-13(21)11-15(16)19(27)26(20)14-5-3-2-4-6-14/h2-11H,12H2,1H3,(H,22,23,24,25). The molecule has 0 aliphatic heterocycles. The number of nitrogens with zero attached hydrogens (tertiary/aromatic N) is 4. The fourth-order valence-electron chi connectivity index (χ4n) is 2.84. The maximum atomic E-state index is 13.2. The summed E-state index contributed by atoms with van der Waals surface area (Å²) in [6.07, 6.45) is 1.62. The molecule has 0 radical (unpaired) electrons. The van der Waals surface area contributed by atoms with E-state index in [0.717, 1.165) is 0 Å². The second kappa shape index (κ2) is 7.75. The lowest BCUT2D eigenvalue weighted by molar-refractivity contribution is 0.178. The summed E-state index contributed by atoms with van der Waals surface area (Å²) in [7, 11) is 1.58. The van der Waals surface area contributed by atoms with Crippen molar-refractivity contribution in [2.24, 2.45) is 0 Å². The molecule has 2 aromatic carbocycles. The molecule has 7 nitrogen and oxygen atoms in total. The van der Waals surface area contributed by atoms with Crippen LogP contribution in [0, 0.1) is 0 Å². The van der Waals surface area contributed by atoms with Gasteiger partial charge in [-0.25, -0.2) is 19.5 Å². The van der Waals surface area contributed by atoms with Crippen LogP contribution in [0.3, 0.4) is 0 Å². The highest BCUT2D eigenvalue weighted by Gasteiger charge is 2.14. The summed E-state index contributed by atoms with van der Waals surface area (Å²) in [5.74, 6) is 1.37. The molecule has 0 spiro atoms. The summed E-state index contributed by atoms with van der Waals surface area (Å²) < 4.78 is 6.57. The summed E-state index contributed by atoms with van der Waals surface area (Å²) in [5, 5.41) is 4.04. The van der Waals surface area contributed by atoms with Crippen molar-refractivity contribution in [1.29, 1.82) is 0 Å². The Kier molecular flexibility index (Phi) is 5.01. The molecule has 8 heteroatoms. The van der Waals surface area contributed by atoms with Crippen molar-refractivity contribution in [2.45, 2.75) is 6.61 Å². The van der Waals surface area contributed by atoms with E-state index in [-0.39, 0.29) is 12.2 Å². The Labute approximate surface area is 165 Å². The van der Waals surface area contributed by atoms with Crippen molar-refractivity contribution < 1.29 is 4.74 Å². The predicted molar refractivity (Wildman–Crippen MR) is 108 cm³/mol. The minimum Gasteiger partial charge on any atom is -0.377 e. The van der Waals surface area contributed by atoms with Crippen LogP contribution >= 0.6 is 11.6 Å². The molecule has 140 valence electrons. The molecule has 0 bridgehead atoms. The number of halogens is 1. The molecule has 0 amide bonds. The van der Waals surface area contributed by atoms with Crippen LogP contribution in [0.15, 0.2) is 65.6 Å². The van der Waals surface area contributed by atoms with E-state index in [2.05, 4.69) is 20.3 Å². The Hall–Kier alpha value is -3.29. The average molecular weight is 394 g/mol. The Morgan fingerprint density at radius 1 is 1.11 bits per heavy atom. The van der Waals surface area contributed by atoms with Crippen LogP contribution in [-0.4, -0.2) is 26.6 Å². The molecule has 0 fully saturated rings. The van der Waals surface area contributed by atoms with Gasteiger partial charge in [-0.05, 0) is 36.4 Å². The monoisotopic (exact) mass is 393 g/mol. The van der Waals surface area contributed by atoms with Crippen molar-refractivity contribution in [3.8, 4) is 5.69 Å². The van der Waals surface area contributed by atoms with Crippen LogP contribution in [0.1, 0.15) is 5.82 Å². The minimum absolute atomic E-state index is 0.229. The largest absolute Gasteiger partial charge is 0.377 e. The molecule has 0 aliphatic carbocycles. The van der Waals surface area contributed by atoms with Gasteiger partial charge in [0.05, 0.1) is 16.6 Å². The van der Waals surface area contributed by atoms with E-state index in [1.54, 1.807) is 37.6 Å². The minimum atomic E-state index is -0.229. The molecule has 1 N–H and O–H groups in total. The van der Waals surface area contributed by atoms with Crippen molar-refractivity contribution >= 4 is 34.3 Å². The number of fused-ring (bicyclic) bond motifs is 1. The van der Waals surface area contributed by atoms with Gasteiger partial charge in [0.25, 0.3) is 5.56 Å². The first-order valence-corrected chi connectivity index (χ1v) is 8.89. The molecule has 4 rings (SSSR count). The van der Waals surface area contributed by atoms with Gasteiger partial charge in [0.1, 0.15) is 12.4 Å². The second-order valence-electron chi connectivity index (χ2n) is 5.99.